The van der Waals surface area contributed by atoms with Crippen LogP contribution in [0.1, 0.15) is 12.5 Å². The fourth-order valence-electron chi connectivity index (χ4n) is 1.04. The van der Waals surface area contributed by atoms with Crippen molar-refractivity contribution in [1.82, 2.24) is 5.32 Å². The maximum Gasteiger partial charge on any atom is 0.119 e. The fraction of sp³-hybridized carbons (Fsp3) is 0.300. The molecule has 0 fully saturated rings. The highest BCUT2D eigenvalue weighted by Crippen LogP contribution is 2.13. The van der Waals surface area contributed by atoms with Gasteiger partial charge in [-0.05, 0) is 19.1 Å². The van der Waals surface area contributed by atoms with Gasteiger partial charge in [0, 0.05) is 12.6 Å². The van der Waals surface area contributed by atoms with Gasteiger partial charge in [-0.1, -0.05) is 24.4 Å². The maximum atomic E-state index is 5.35. The van der Waals surface area contributed by atoms with E-state index in [1.54, 1.807) is 0 Å². The van der Waals surface area contributed by atoms with Gasteiger partial charge < -0.3 is 10.1 Å². The number of nitrogens with one attached hydrogen (secondary N) is 1. The molecule has 1 aromatic carbocycles. The Morgan fingerprint density at radius 2 is 2.31 bits per heavy atom. The highest BCUT2D eigenvalue weighted by atomic mass is 32.1. The molecule has 0 aliphatic carbocycles. The second-order valence-corrected chi connectivity index (χ2v) is 2.95. The van der Waals surface area contributed by atoms with Crippen molar-refractivity contribution in [3.8, 4) is 5.75 Å². The van der Waals surface area contributed by atoms with Crippen LogP contribution in [-0.4, -0.2) is 18.6 Å². The molecule has 0 aliphatic heterocycles. The van der Waals surface area contributed by atoms with E-state index in [1.807, 2.05) is 38.2 Å². The summed E-state index contributed by atoms with van der Waals surface area (Å²) in [6, 6.07) is 7.75. The van der Waals surface area contributed by atoms with Gasteiger partial charge in [-0.15, -0.1) is 0 Å². The number of ether oxygens (including phenoxy) is 1. The van der Waals surface area contributed by atoms with E-state index >= 15 is 0 Å². The van der Waals surface area contributed by atoms with E-state index in [1.165, 1.54) is 0 Å². The Morgan fingerprint density at radius 3 is 2.92 bits per heavy atom. The van der Waals surface area contributed by atoms with Gasteiger partial charge in [-0.2, -0.15) is 0 Å². The van der Waals surface area contributed by atoms with Crippen LogP contribution in [0, 0.1) is 0 Å². The Hall–Kier alpha value is -1.09. The molecule has 0 heterocycles. The minimum atomic E-state index is 0.676. The quantitative estimate of drug-likeness (QED) is 0.745. The first-order valence-electron chi connectivity index (χ1n) is 4.23. The molecule has 0 bridgehead atoms. The van der Waals surface area contributed by atoms with Crippen molar-refractivity contribution in [2.24, 2.45) is 0 Å². The number of benzene rings is 1. The minimum absolute atomic E-state index is 0.676. The fourth-order valence-corrected chi connectivity index (χ4v) is 1.17. The molecular weight excluding hydrogens is 182 g/mol. The SMILES string of the molecule is CCOc1cccc(C(=S)NC)c1. The molecule has 70 valence electrons. The van der Waals surface area contributed by atoms with Gasteiger partial charge in [-0.25, -0.2) is 0 Å². The van der Waals surface area contributed by atoms with Crippen LogP contribution in [0.2, 0.25) is 0 Å². The summed E-state index contributed by atoms with van der Waals surface area (Å²) in [5.41, 5.74) is 0.989. The monoisotopic (exact) mass is 195 g/mol. The van der Waals surface area contributed by atoms with Crippen LogP contribution >= 0.6 is 12.2 Å². The van der Waals surface area contributed by atoms with E-state index in [2.05, 4.69) is 5.32 Å². The van der Waals surface area contributed by atoms with E-state index in [9.17, 15) is 0 Å². The van der Waals surface area contributed by atoms with Gasteiger partial charge in [0.1, 0.15) is 10.7 Å². The molecule has 0 unspecified atom stereocenters. The molecule has 0 amide bonds. The summed E-state index contributed by atoms with van der Waals surface area (Å²) < 4.78 is 5.35. The Labute approximate surface area is 83.9 Å². The van der Waals surface area contributed by atoms with E-state index in [-0.39, 0.29) is 0 Å². The second kappa shape index (κ2) is 4.82. The normalized spacial score (nSPS) is 9.38. The summed E-state index contributed by atoms with van der Waals surface area (Å²) in [4.78, 5) is 0.738. The summed E-state index contributed by atoms with van der Waals surface area (Å²) in [6.07, 6.45) is 0. The van der Waals surface area contributed by atoms with E-state index in [0.29, 0.717) is 6.61 Å². The zero-order valence-electron chi connectivity index (χ0n) is 7.83. The van der Waals surface area contributed by atoms with E-state index < -0.39 is 0 Å². The minimum Gasteiger partial charge on any atom is -0.494 e. The Bertz CT molecular complexity index is 299. The van der Waals surface area contributed by atoms with Crippen LogP contribution in [0.15, 0.2) is 24.3 Å². The maximum absolute atomic E-state index is 5.35. The topological polar surface area (TPSA) is 21.3 Å². The predicted octanol–water partition coefficient (Wildman–Crippen LogP) is 1.98. The lowest BCUT2D eigenvalue weighted by Gasteiger charge is -2.06. The lowest BCUT2D eigenvalue weighted by molar-refractivity contribution is 0.340. The smallest absolute Gasteiger partial charge is 0.119 e. The zero-order valence-corrected chi connectivity index (χ0v) is 8.65. The van der Waals surface area contributed by atoms with E-state index in [4.69, 9.17) is 17.0 Å². The predicted molar refractivity (Wildman–Crippen MR) is 58.4 cm³/mol. The molecule has 0 aliphatic rings. The Morgan fingerprint density at radius 1 is 1.54 bits per heavy atom. The summed E-state index contributed by atoms with van der Waals surface area (Å²) in [7, 11) is 1.82. The first-order valence-corrected chi connectivity index (χ1v) is 4.63. The first-order chi connectivity index (χ1) is 6.27. The average molecular weight is 195 g/mol. The summed E-state index contributed by atoms with van der Waals surface area (Å²) in [5, 5.41) is 2.93. The average Bonchev–Trinajstić information content (AvgIpc) is 2.18. The molecule has 0 saturated heterocycles. The molecule has 13 heavy (non-hydrogen) atoms. The van der Waals surface area contributed by atoms with Crippen molar-refractivity contribution in [2.45, 2.75) is 6.92 Å². The molecule has 1 N–H and O–H groups in total. The lowest BCUT2D eigenvalue weighted by Crippen LogP contribution is -2.16. The number of hydrogen-bond acceptors (Lipinski definition) is 2. The molecule has 1 rings (SSSR count). The second-order valence-electron chi connectivity index (χ2n) is 2.54. The van der Waals surface area contributed by atoms with Gasteiger partial charge in [0.25, 0.3) is 0 Å². The van der Waals surface area contributed by atoms with Gasteiger partial charge in [0.15, 0.2) is 0 Å². The standard InChI is InChI=1S/C10H13NOS/c1-3-12-9-6-4-5-8(7-9)10(13)11-2/h4-7H,3H2,1-2H3,(H,11,13). The molecular formula is C10H13NOS. The molecule has 2 nitrogen and oxygen atoms in total. The van der Waals surface area contributed by atoms with Crippen molar-refractivity contribution in [3.63, 3.8) is 0 Å². The number of thiocarbonyl (C=S) groups is 1. The number of hydrogen-bond donors (Lipinski definition) is 1. The molecule has 0 atom stereocenters. The first kappa shape index (κ1) is 9.99. The van der Waals surface area contributed by atoms with Crippen molar-refractivity contribution in [3.05, 3.63) is 29.8 Å². The zero-order chi connectivity index (χ0) is 9.68. The summed E-state index contributed by atoms with van der Waals surface area (Å²) in [5.74, 6) is 0.859. The van der Waals surface area contributed by atoms with Gasteiger partial charge >= 0.3 is 0 Å². The summed E-state index contributed by atoms with van der Waals surface area (Å²) >= 11 is 5.10. The van der Waals surface area contributed by atoms with Crippen molar-refractivity contribution in [1.29, 1.82) is 0 Å². The lowest BCUT2D eigenvalue weighted by atomic mass is 10.2. The molecule has 0 radical (unpaired) electrons. The van der Waals surface area contributed by atoms with Crippen LogP contribution in [0.5, 0.6) is 5.75 Å². The molecule has 0 saturated carbocycles. The van der Waals surface area contributed by atoms with Gasteiger partial charge in [0.05, 0.1) is 6.61 Å². The van der Waals surface area contributed by atoms with Crippen molar-refractivity contribution < 1.29 is 4.74 Å². The summed E-state index contributed by atoms with van der Waals surface area (Å²) in [6.45, 7) is 2.64. The van der Waals surface area contributed by atoms with Crippen LogP contribution in [0.25, 0.3) is 0 Å². The highest BCUT2D eigenvalue weighted by Gasteiger charge is 1.99. The third-order valence-corrected chi connectivity index (χ3v) is 2.07. The molecule has 3 heteroatoms. The van der Waals surface area contributed by atoms with E-state index in [0.717, 1.165) is 16.3 Å². The van der Waals surface area contributed by atoms with Crippen molar-refractivity contribution in [2.75, 3.05) is 13.7 Å². The Balaban J connectivity index is 2.85. The number of rotatable bonds is 3. The van der Waals surface area contributed by atoms with Crippen LogP contribution in [0.4, 0.5) is 0 Å². The third kappa shape index (κ3) is 2.70. The van der Waals surface area contributed by atoms with Crippen LogP contribution in [-0.2, 0) is 0 Å². The van der Waals surface area contributed by atoms with Gasteiger partial charge in [-0.3, -0.25) is 0 Å². The molecule has 1 aromatic rings. The van der Waals surface area contributed by atoms with Crippen molar-refractivity contribution >= 4 is 17.2 Å². The molecule has 0 spiro atoms. The Kier molecular flexibility index (Phi) is 3.71. The molecule has 0 aromatic heterocycles. The third-order valence-electron chi connectivity index (χ3n) is 1.63. The largest absolute Gasteiger partial charge is 0.494 e. The van der Waals surface area contributed by atoms with Gasteiger partial charge in [0.2, 0.25) is 0 Å². The van der Waals surface area contributed by atoms with Crippen LogP contribution in [0.3, 0.4) is 0 Å². The highest BCUT2D eigenvalue weighted by molar-refractivity contribution is 7.80. The van der Waals surface area contributed by atoms with Crippen LogP contribution < -0.4 is 10.1 Å².